The number of anilines is 2. The Morgan fingerprint density at radius 1 is 1.26 bits per heavy atom. The molecule has 0 bridgehead atoms. The van der Waals surface area contributed by atoms with E-state index in [2.05, 4.69) is 44.7 Å². The van der Waals surface area contributed by atoms with E-state index in [1.807, 2.05) is 0 Å². The van der Waals surface area contributed by atoms with Gasteiger partial charge in [-0.05, 0) is 33.4 Å². The summed E-state index contributed by atoms with van der Waals surface area (Å²) in [6, 6.07) is 0.234. The Hall–Kier alpha value is -1.67. The fourth-order valence-electron chi connectivity index (χ4n) is 2.20. The summed E-state index contributed by atoms with van der Waals surface area (Å²) in [7, 11) is 5.70. The number of nitrogens with two attached hydrogens (primary N) is 1. The number of ether oxygens (including phenoxy) is 1. The van der Waals surface area contributed by atoms with Gasteiger partial charge in [-0.25, -0.2) is 5.84 Å². The van der Waals surface area contributed by atoms with E-state index < -0.39 is 0 Å². The van der Waals surface area contributed by atoms with Gasteiger partial charge in [-0.1, -0.05) is 0 Å². The van der Waals surface area contributed by atoms with Crippen molar-refractivity contribution in [1.29, 1.82) is 0 Å². The number of nitrogen functional groups attached to an aromatic ring is 1. The minimum Gasteiger partial charge on any atom is -0.467 e. The Labute approximate surface area is 112 Å². The molecular weight excluding hydrogens is 246 g/mol. The number of hydrogen-bond acceptors (Lipinski definition) is 8. The average Bonchev–Trinajstić information content (AvgIpc) is 2.36. The van der Waals surface area contributed by atoms with Gasteiger partial charge < -0.3 is 15.0 Å². The van der Waals surface area contributed by atoms with Crippen molar-refractivity contribution in [3.8, 4) is 6.01 Å². The highest BCUT2D eigenvalue weighted by molar-refractivity contribution is 5.35. The SMILES string of the molecule is COc1nc(NN)nc(NCC2(N(C)C)CCC2)n1. The molecule has 4 N–H and O–H groups in total. The number of rotatable bonds is 6. The fourth-order valence-corrected chi connectivity index (χ4v) is 2.20. The molecule has 0 aromatic carbocycles. The number of hydrazine groups is 1. The van der Waals surface area contributed by atoms with Crippen LogP contribution in [0, 0.1) is 0 Å². The monoisotopic (exact) mass is 267 g/mol. The summed E-state index contributed by atoms with van der Waals surface area (Å²) in [4.78, 5) is 14.5. The van der Waals surface area contributed by atoms with Crippen molar-refractivity contribution in [3.05, 3.63) is 0 Å². The Bertz CT molecular complexity index is 411. The van der Waals surface area contributed by atoms with Gasteiger partial charge in [0.2, 0.25) is 11.9 Å². The molecule has 19 heavy (non-hydrogen) atoms. The summed E-state index contributed by atoms with van der Waals surface area (Å²) in [6.45, 7) is 0.789. The van der Waals surface area contributed by atoms with Gasteiger partial charge in [0.1, 0.15) is 0 Å². The molecule has 0 atom stereocenters. The van der Waals surface area contributed by atoms with Crippen LogP contribution in [0.15, 0.2) is 0 Å². The van der Waals surface area contributed by atoms with Crippen LogP contribution in [0.1, 0.15) is 19.3 Å². The van der Waals surface area contributed by atoms with Crippen LogP contribution in [-0.4, -0.2) is 53.1 Å². The first-order valence-corrected chi connectivity index (χ1v) is 6.27. The second-order valence-corrected chi connectivity index (χ2v) is 4.94. The summed E-state index contributed by atoms with van der Waals surface area (Å²) in [5.74, 6) is 6.06. The zero-order valence-corrected chi connectivity index (χ0v) is 11.6. The molecule has 1 aromatic heterocycles. The van der Waals surface area contributed by atoms with Gasteiger partial charge in [0.05, 0.1) is 7.11 Å². The second kappa shape index (κ2) is 5.54. The third-order valence-corrected chi connectivity index (χ3v) is 3.74. The number of methoxy groups -OCH3 is 1. The van der Waals surface area contributed by atoms with Gasteiger partial charge >= 0.3 is 6.01 Å². The number of hydrogen-bond donors (Lipinski definition) is 3. The molecule has 1 aliphatic carbocycles. The average molecular weight is 267 g/mol. The molecule has 1 heterocycles. The van der Waals surface area contributed by atoms with Crippen molar-refractivity contribution in [2.45, 2.75) is 24.8 Å². The minimum absolute atomic E-state index is 0.191. The van der Waals surface area contributed by atoms with Crippen LogP contribution in [0.5, 0.6) is 6.01 Å². The zero-order chi connectivity index (χ0) is 13.9. The lowest BCUT2D eigenvalue weighted by Crippen LogP contribution is -2.54. The van der Waals surface area contributed by atoms with E-state index in [9.17, 15) is 0 Å². The summed E-state index contributed by atoms with van der Waals surface area (Å²) in [6.07, 6.45) is 3.62. The Morgan fingerprint density at radius 2 is 1.95 bits per heavy atom. The molecule has 0 spiro atoms. The van der Waals surface area contributed by atoms with Crippen LogP contribution in [0.4, 0.5) is 11.9 Å². The van der Waals surface area contributed by atoms with Gasteiger partial charge in [0.25, 0.3) is 0 Å². The molecule has 0 amide bonds. The largest absolute Gasteiger partial charge is 0.467 e. The van der Waals surface area contributed by atoms with Crippen molar-refractivity contribution in [2.75, 3.05) is 38.5 Å². The maximum Gasteiger partial charge on any atom is 0.322 e. The Kier molecular flexibility index (Phi) is 4.01. The maximum absolute atomic E-state index is 5.32. The zero-order valence-electron chi connectivity index (χ0n) is 11.6. The molecule has 1 saturated carbocycles. The molecule has 106 valence electrons. The molecule has 0 aliphatic heterocycles. The number of nitrogens with one attached hydrogen (secondary N) is 2. The van der Waals surface area contributed by atoms with Crippen LogP contribution < -0.4 is 21.3 Å². The molecule has 8 nitrogen and oxygen atoms in total. The normalized spacial score (nSPS) is 16.9. The number of nitrogens with zero attached hydrogens (tertiary/aromatic N) is 4. The first-order valence-electron chi connectivity index (χ1n) is 6.27. The van der Waals surface area contributed by atoms with Crippen LogP contribution in [0.3, 0.4) is 0 Å². The third-order valence-electron chi connectivity index (χ3n) is 3.74. The van der Waals surface area contributed by atoms with Gasteiger partial charge in [0, 0.05) is 12.1 Å². The standard InChI is InChI=1S/C11H21N7O/c1-18(2)11(5-4-6-11)7-13-8-14-9(17-12)16-10(15-8)19-3/h4-7,12H2,1-3H3,(H2,13,14,15,16,17). The first-order chi connectivity index (χ1) is 9.09. The van der Waals surface area contributed by atoms with Crippen molar-refractivity contribution in [3.63, 3.8) is 0 Å². The first kappa shape index (κ1) is 13.8. The van der Waals surface area contributed by atoms with E-state index in [0.717, 1.165) is 6.54 Å². The summed E-state index contributed by atoms with van der Waals surface area (Å²) < 4.78 is 5.01. The molecule has 1 aromatic rings. The molecule has 8 heteroatoms. The van der Waals surface area contributed by atoms with Gasteiger partial charge in [-0.3, -0.25) is 5.43 Å². The smallest absolute Gasteiger partial charge is 0.322 e. The van der Waals surface area contributed by atoms with E-state index in [4.69, 9.17) is 10.6 Å². The van der Waals surface area contributed by atoms with Gasteiger partial charge in [-0.2, -0.15) is 15.0 Å². The van der Waals surface area contributed by atoms with Crippen molar-refractivity contribution in [2.24, 2.45) is 5.84 Å². The molecule has 0 unspecified atom stereocenters. The van der Waals surface area contributed by atoms with E-state index in [1.54, 1.807) is 0 Å². The predicted octanol–water partition coefficient (Wildman–Crippen LogP) is 0.0620. The van der Waals surface area contributed by atoms with E-state index >= 15 is 0 Å². The van der Waals surface area contributed by atoms with Crippen molar-refractivity contribution < 1.29 is 4.74 Å². The lowest BCUT2D eigenvalue weighted by molar-refractivity contribution is 0.0737. The van der Waals surface area contributed by atoms with Crippen LogP contribution in [0.25, 0.3) is 0 Å². The number of aromatic nitrogens is 3. The Morgan fingerprint density at radius 3 is 2.42 bits per heavy atom. The molecule has 1 aliphatic rings. The highest BCUT2D eigenvalue weighted by atomic mass is 16.5. The summed E-state index contributed by atoms with van der Waals surface area (Å²) in [5, 5.41) is 3.24. The predicted molar refractivity (Wildman–Crippen MR) is 72.9 cm³/mol. The van der Waals surface area contributed by atoms with Crippen molar-refractivity contribution in [1.82, 2.24) is 19.9 Å². The number of likely N-dealkylation sites (N-methyl/N-ethyl adjacent to an activating group) is 1. The quantitative estimate of drug-likeness (QED) is 0.491. The second-order valence-electron chi connectivity index (χ2n) is 4.94. The lowest BCUT2D eigenvalue weighted by Gasteiger charge is -2.47. The molecule has 1 fully saturated rings. The Balaban J connectivity index is 2.06. The van der Waals surface area contributed by atoms with Gasteiger partial charge in [-0.15, -0.1) is 0 Å². The van der Waals surface area contributed by atoms with Crippen LogP contribution >= 0.6 is 0 Å². The summed E-state index contributed by atoms with van der Waals surface area (Å²) >= 11 is 0. The van der Waals surface area contributed by atoms with Crippen LogP contribution in [-0.2, 0) is 0 Å². The minimum atomic E-state index is 0.191. The topological polar surface area (TPSA) is 101 Å². The fraction of sp³-hybridized carbons (Fsp3) is 0.727. The van der Waals surface area contributed by atoms with Gasteiger partial charge in [0.15, 0.2) is 0 Å². The molecular formula is C11H21N7O. The van der Waals surface area contributed by atoms with Crippen LogP contribution in [0.2, 0.25) is 0 Å². The highest BCUT2D eigenvalue weighted by Crippen LogP contribution is 2.36. The van der Waals surface area contributed by atoms with E-state index in [1.165, 1.54) is 26.4 Å². The van der Waals surface area contributed by atoms with E-state index in [0.29, 0.717) is 5.95 Å². The van der Waals surface area contributed by atoms with Crippen molar-refractivity contribution >= 4 is 11.9 Å². The molecule has 2 rings (SSSR count). The lowest BCUT2D eigenvalue weighted by atomic mass is 9.75. The van der Waals surface area contributed by atoms with E-state index in [-0.39, 0.29) is 17.5 Å². The highest BCUT2D eigenvalue weighted by Gasteiger charge is 2.38. The maximum atomic E-state index is 5.32. The summed E-state index contributed by atoms with van der Waals surface area (Å²) in [5.41, 5.74) is 2.59. The molecule has 0 saturated heterocycles. The molecule has 0 radical (unpaired) electrons. The third kappa shape index (κ3) is 2.85.